The molecule has 3 N–H and O–H groups in total. The molecule has 20 heavy (non-hydrogen) atoms. The summed E-state index contributed by atoms with van der Waals surface area (Å²) in [4.78, 5) is 12.0. The average molecular weight is 279 g/mol. The van der Waals surface area contributed by atoms with Gasteiger partial charge in [-0.25, -0.2) is 0 Å². The van der Waals surface area contributed by atoms with Crippen molar-refractivity contribution in [2.45, 2.75) is 65.3 Å². The molecular formula is C16H29N3O. The van der Waals surface area contributed by atoms with Crippen LogP contribution < -0.4 is 11.1 Å². The van der Waals surface area contributed by atoms with Gasteiger partial charge in [-0.05, 0) is 50.0 Å². The van der Waals surface area contributed by atoms with Crippen molar-refractivity contribution < 1.29 is 4.79 Å². The lowest BCUT2D eigenvalue weighted by Gasteiger charge is -2.30. The average Bonchev–Trinajstić information content (AvgIpc) is 2.80. The highest BCUT2D eigenvalue weighted by Gasteiger charge is 2.29. The summed E-state index contributed by atoms with van der Waals surface area (Å²) in [6, 6.07) is 2.36. The third-order valence-electron chi connectivity index (χ3n) is 4.49. The third kappa shape index (κ3) is 5.13. The van der Waals surface area contributed by atoms with Gasteiger partial charge in [-0.3, -0.25) is 4.79 Å². The van der Waals surface area contributed by atoms with Gasteiger partial charge >= 0.3 is 0 Å². The van der Waals surface area contributed by atoms with Gasteiger partial charge in [0.2, 0.25) is 5.91 Å². The zero-order valence-corrected chi connectivity index (χ0v) is 13.1. The van der Waals surface area contributed by atoms with Crippen molar-refractivity contribution in [3.05, 3.63) is 0 Å². The molecule has 4 heteroatoms. The van der Waals surface area contributed by atoms with Gasteiger partial charge in [-0.2, -0.15) is 5.26 Å². The number of hydrogen-bond donors (Lipinski definition) is 2. The van der Waals surface area contributed by atoms with Crippen LogP contribution in [0.1, 0.15) is 59.3 Å². The molecule has 4 nitrogen and oxygen atoms in total. The number of rotatable bonds is 6. The van der Waals surface area contributed by atoms with Crippen molar-refractivity contribution in [1.82, 2.24) is 5.32 Å². The van der Waals surface area contributed by atoms with Crippen LogP contribution in [-0.2, 0) is 4.79 Å². The maximum Gasteiger partial charge on any atom is 0.220 e. The van der Waals surface area contributed by atoms with Crippen LogP contribution in [0.2, 0.25) is 0 Å². The van der Waals surface area contributed by atoms with Gasteiger partial charge in [0.15, 0.2) is 0 Å². The topological polar surface area (TPSA) is 78.9 Å². The van der Waals surface area contributed by atoms with Crippen molar-refractivity contribution >= 4 is 5.91 Å². The van der Waals surface area contributed by atoms with Gasteiger partial charge in [-0.15, -0.1) is 0 Å². The molecule has 1 aliphatic rings. The largest absolute Gasteiger partial charge is 0.352 e. The van der Waals surface area contributed by atoms with Crippen molar-refractivity contribution in [2.24, 2.45) is 23.0 Å². The van der Waals surface area contributed by atoms with Gasteiger partial charge < -0.3 is 11.1 Å². The Morgan fingerprint density at radius 3 is 2.65 bits per heavy atom. The Balaban J connectivity index is 2.40. The van der Waals surface area contributed by atoms with Crippen molar-refractivity contribution in [3.63, 3.8) is 0 Å². The lowest BCUT2D eigenvalue weighted by atomic mass is 9.76. The molecule has 0 radical (unpaired) electrons. The van der Waals surface area contributed by atoms with Crippen LogP contribution in [0.4, 0.5) is 0 Å². The molecule has 1 aliphatic carbocycles. The van der Waals surface area contributed by atoms with E-state index >= 15 is 0 Å². The minimum Gasteiger partial charge on any atom is -0.352 e. The Morgan fingerprint density at radius 2 is 2.10 bits per heavy atom. The molecule has 3 atom stereocenters. The van der Waals surface area contributed by atoms with Gasteiger partial charge in [0.25, 0.3) is 0 Å². The maximum absolute atomic E-state index is 12.0. The fourth-order valence-electron chi connectivity index (χ4n) is 3.08. The number of amides is 1. The molecule has 0 aromatic rings. The van der Waals surface area contributed by atoms with E-state index in [0.717, 1.165) is 32.1 Å². The maximum atomic E-state index is 12.0. The molecule has 0 spiro atoms. The summed E-state index contributed by atoms with van der Waals surface area (Å²) in [6.45, 7) is 7.28. The Hall–Kier alpha value is -1.08. The smallest absolute Gasteiger partial charge is 0.220 e. The van der Waals surface area contributed by atoms with Crippen LogP contribution in [-0.4, -0.2) is 18.5 Å². The Kier molecular flexibility index (Phi) is 6.48. The SMILES string of the molecule is CC(C)(C)C(CCN)CCC(=O)NC1CCCC1C#N. The van der Waals surface area contributed by atoms with Gasteiger partial charge in [0.05, 0.1) is 12.0 Å². The molecule has 1 saturated carbocycles. The number of nitriles is 1. The van der Waals surface area contributed by atoms with E-state index in [4.69, 9.17) is 11.0 Å². The molecule has 3 unspecified atom stereocenters. The molecule has 0 bridgehead atoms. The molecule has 1 fully saturated rings. The Morgan fingerprint density at radius 1 is 1.40 bits per heavy atom. The summed E-state index contributed by atoms with van der Waals surface area (Å²) in [5.74, 6) is 0.554. The van der Waals surface area contributed by atoms with E-state index in [1.54, 1.807) is 0 Å². The van der Waals surface area contributed by atoms with Crippen molar-refractivity contribution in [1.29, 1.82) is 5.26 Å². The molecule has 114 valence electrons. The summed E-state index contributed by atoms with van der Waals surface area (Å²) in [7, 11) is 0. The molecule has 0 aromatic carbocycles. The second-order valence-corrected chi connectivity index (χ2v) is 7.02. The quantitative estimate of drug-likeness (QED) is 0.784. The van der Waals surface area contributed by atoms with E-state index < -0.39 is 0 Å². The first-order valence-corrected chi connectivity index (χ1v) is 7.77. The van der Waals surface area contributed by atoms with E-state index in [1.165, 1.54) is 0 Å². The Labute approximate surface area is 123 Å². The number of carbonyl (C=O) groups is 1. The van der Waals surface area contributed by atoms with E-state index in [-0.39, 0.29) is 23.3 Å². The molecule has 1 amide bonds. The number of nitrogens with two attached hydrogens (primary N) is 1. The second-order valence-electron chi connectivity index (χ2n) is 7.02. The summed E-state index contributed by atoms with van der Waals surface area (Å²) >= 11 is 0. The predicted octanol–water partition coefficient (Wildman–Crippen LogP) is 2.59. The molecule has 1 rings (SSSR count). The van der Waals surface area contributed by atoms with Crippen LogP contribution in [0, 0.1) is 28.6 Å². The first-order valence-electron chi connectivity index (χ1n) is 7.77. The highest BCUT2D eigenvalue weighted by atomic mass is 16.1. The highest BCUT2D eigenvalue weighted by molar-refractivity contribution is 5.76. The van der Waals surface area contributed by atoms with Gasteiger partial charge in [-0.1, -0.05) is 20.8 Å². The molecule has 0 heterocycles. The van der Waals surface area contributed by atoms with Gasteiger partial charge in [0.1, 0.15) is 0 Å². The fraction of sp³-hybridized carbons (Fsp3) is 0.875. The van der Waals surface area contributed by atoms with Crippen LogP contribution in [0.3, 0.4) is 0 Å². The van der Waals surface area contributed by atoms with E-state index in [1.807, 2.05) is 0 Å². The van der Waals surface area contributed by atoms with Crippen LogP contribution in [0.25, 0.3) is 0 Å². The van der Waals surface area contributed by atoms with Crippen molar-refractivity contribution in [2.75, 3.05) is 6.54 Å². The first kappa shape index (κ1) is 17.0. The van der Waals surface area contributed by atoms with E-state index in [0.29, 0.717) is 18.9 Å². The summed E-state index contributed by atoms with van der Waals surface area (Å²) in [6.07, 6.45) is 5.27. The highest BCUT2D eigenvalue weighted by Crippen LogP contribution is 2.32. The fourth-order valence-corrected chi connectivity index (χ4v) is 3.08. The van der Waals surface area contributed by atoms with Crippen LogP contribution in [0.5, 0.6) is 0 Å². The lowest BCUT2D eigenvalue weighted by molar-refractivity contribution is -0.122. The number of carbonyl (C=O) groups excluding carboxylic acids is 1. The number of hydrogen-bond acceptors (Lipinski definition) is 3. The summed E-state index contributed by atoms with van der Waals surface area (Å²) < 4.78 is 0. The van der Waals surface area contributed by atoms with E-state index in [9.17, 15) is 4.79 Å². The number of nitrogens with zero attached hydrogens (tertiary/aromatic N) is 1. The minimum absolute atomic E-state index is 0.00130. The summed E-state index contributed by atoms with van der Waals surface area (Å²) in [5, 5.41) is 12.1. The zero-order chi connectivity index (χ0) is 15.2. The molecule has 0 aromatic heterocycles. The Bertz CT molecular complexity index is 354. The lowest BCUT2D eigenvalue weighted by Crippen LogP contribution is -2.37. The molecule has 0 saturated heterocycles. The van der Waals surface area contributed by atoms with Crippen LogP contribution in [0.15, 0.2) is 0 Å². The first-order chi connectivity index (χ1) is 9.38. The second kappa shape index (κ2) is 7.64. The monoisotopic (exact) mass is 279 g/mol. The predicted molar refractivity (Wildman–Crippen MR) is 80.7 cm³/mol. The standard InChI is InChI=1S/C16H29N3O/c1-16(2,3)13(9-10-17)7-8-15(20)19-14-6-4-5-12(14)11-18/h12-14H,4-10,17H2,1-3H3,(H,19,20). The van der Waals surface area contributed by atoms with E-state index in [2.05, 4.69) is 32.2 Å². The number of nitrogens with one attached hydrogen (secondary N) is 1. The van der Waals surface area contributed by atoms with Gasteiger partial charge in [0, 0.05) is 12.5 Å². The zero-order valence-electron chi connectivity index (χ0n) is 13.1. The molecule has 0 aliphatic heterocycles. The minimum atomic E-state index is 0.00130. The van der Waals surface area contributed by atoms with Crippen molar-refractivity contribution in [3.8, 4) is 6.07 Å². The normalized spacial score (nSPS) is 24.1. The van der Waals surface area contributed by atoms with Crippen LogP contribution >= 0.6 is 0 Å². The summed E-state index contributed by atoms with van der Waals surface area (Å²) in [5.41, 5.74) is 5.85. The third-order valence-corrected chi connectivity index (χ3v) is 4.49. The molecular weight excluding hydrogens is 250 g/mol.